The lowest BCUT2D eigenvalue weighted by Gasteiger charge is -2.23. The third kappa shape index (κ3) is 7.65. The lowest BCUT2D eigenvalue weighted by Crippen LogP contribution is -2.13. The number of hydrogen-bond donors (Lipinski definition) is 5. The largest absolute Gasteiger partial charge is 0.507 e. The van der Waals surface area contributed by atoms with Crippen molar-refractivity contribution in [2.24, 2.45) is 0 Å². The van der Waals surface area contributed by atoms with Crippen LogP contribution in [-0.4, -0.2) is 25.5 Å². The molecule has 10 bridgehead atoms. The van der Waals surface area contributed by atoms with E-state index in [4.69, 9.17) is 0 Å². The second kappa shape index (κ2) is 15.1. The second-order valence-corrected chi connectivity index (χ2v) is 17.2. The molecule has 0 unspecified atom stereocenters. The first kappa shape index (κ1) is 38.4. The number of phenols is 5. The number of phenolic OH excluding ortho intramolecular Hbond substituents is 5. The number of benzene rings is 7. The van der Waals surface area contributed by atoms with Gasteiger partial charge in [-0.3, -0.25) is 0 Å². The minimum Gasteiger partial charge on any atom is -0.507 e. The summed E-state index contributed by atoms with van der Waals surface area (Å²) in [7, 11) is 0. The number of fused-ring (bicyclic) bond motifs is 10. The topological polar surface area (TPSA) is 101 Å². The number of hydrogen-bond acceptors (Lipinski definition) is 5. The summed E-state index contributed by atoms with van der Waals surface area (Å²) in [6.07, 6.45) is 1.32. The molecule has 5 heteroatoms. The molecule has 0 fully saturated rings. The molecule has 0 saturated heterocycles. The van der Waals surface area contributed by atoms with Crippen LogP contribution in [0.15, 0.2) is 121 Å². The molecule has 5 N–H and O–H groups in total. The van der Waals surface area contributed by atoms with Gasteiger partial charge in [-0.05, 0) is 127 Å². The minimum absolute atomic E-state index is 0.101. The van der Waals surface area contributed by atoms with Gasteiger partial charge >= 0.3 is 0 Å². The molecule has 58 heavy (non-hydrogen) atoms. The Morgan fingerprint density at radius 1 is 0.328 bits per heavy atom. The van der Waals surface area contributed by atoms with Gasteiger partial charge in [-0.25, -0.2) is 0 Å². The van der Waals surface area contributed by atoms with Gasteiger partial charge in [0, 0.05) is 32.1 Å². The predicted octanol–water partition coefficient (Wildman–Crippen LogP) is 11.7. The van der Waals surface area contributed by atoms with Gasteiger partial charge in [-0.1, -0.05) is 129 Å². The van der Waals surface area contributed by atoms with Gasteiger partial charge in [0.25, 0.3) is 0 Å². The van der Waals surface area contributed by atoms with Crippen molar-refractivity contribution in [1.29, 1.82) is 0 Å². The summed E-state index contributed by atoms with van der Waals surface area (Å²) in [6, 6.07) is 39.8. The van der Waals surface area contributed by atoms with Crippen LogP contribution in [0.5, 0.6) is 28.7 Å². The maximum absolute atomic E-state index is 12.1. The Morgan fingerprint density at radius 3 is 0.828 bits per heavy atom. The van der Waals surface area contributed by atoms with E-state index in [0.29, 0.717) is 55.6 Å². The quantitative estimate of drug-likeness (QED) is 0.121. The highest BCUT2D eigenvalue weighted by Crippen LogP contribution is 2.42. The molecule has 0 heterocycles. The van der Waals surface area contributed by atoms with E-state index in [2.05, 4.69) is 20.8 Å². The van der Waals surface area contributed by atoms with Crippen molar-refractivity contribution in [2.75, 3.05) is 0 Å². The van der Waals surface area contributed by atoms with Crippen LogP contribution in [0.4, 0.5) is 0 Å². The fourth-order valence-electron chi connectivity index (χ4n) is 8.55. The monoisotopic (exact) mass is 766 g/mol. The minimum atomic E-state index is -0.247. The summed E-state index contributed by atoms with van der Waals surface area (Å²) in [5, 5.41) is 60.3. The van der Waals surface area contributed by atoms with Crippen LogP contribution in [0.3, 0.4) is 0 Å². The molecule has 0 amide bonds. The fourth-order valence-corrected chi connectivity index (χ4v) is 8.55. The molecule has 5 nitrogen and oxygen atoms in total. The van der Waals surface area contributed by atoms with Gasteiger partial charge in [0.1, 0.15) is 28.7 Å². The van der Waals surface area contributed by atoms with Crippen molar-refractivity contribution in [1.82, 2.24) is 0 Å². The SMILES string of the molecule is Cc1cc2c(O)c(c1)Cc1cc(C(C)(C)C)cc(c1O)Cc1cc(C)cc(c1O)Cc1cc(-c3ccccc3)cc(c1O)Cc1cc(-c3ccccc3)cc(c1O)C2. The van der Waals surface area contributed by atoms with Crippen molar-refractivity contribution in [3.05, 3.63) is 194 Å². The van der Waals surface area contributed by atoms with Gasteiger partial charge in [-0.15, -0.1) is 0 Å². The van der Waals surface area contributed by atoms with Crippen molar-refractivity contribution >= 4 is 0 Å². The summed E-state index contributed by atoms with van der Waals surface area (Å²) in [6.45, 7) is 10.4. The zero-order valence-electron chi connectivity index (χ0n) is 33.8. The van der Waals surface area contributed by atoms with Gasteiger partial charge in [-0.2, -0.15) is 0 Å². The van der Waals surface area contributed by atoms with Crippen LogP contribution < -0.4 is 0 Å². The van der Waals surface area contributed by atoms with Crippen LogP contribution >= 0.6 is 0 Å². The first-order chi connectivity index (χ1) is 27.7. The van der Waals surface area contributed by atoms with Gasteiger partial charge in [0.05, 0.1) is 0 Å². The van der Waals surface area contributed by atoms with E-state index in [1.165, 1.54) is 0 Å². The summed E-state index contributed by atoms with van der Waals surface area (Å²) >= 11 is 0. The normalized spacial score (nSPS) is 12.9. The van der Waals surface area contributed by atoms with Gasteiger partial charge in [0.2, 0.25) is 0 Å². The molecular formula is C53H50O5. The van der Waals surface area contributed by atoms with Crippen LogP contribution in [0.2, 0.25) is 0 Å². The lowest BCUT2D eigenvalue weighted by atomic mass is 9.82. The Kier molecular flexibility index (Phi) is 10.0. The number of rotatable bonds is 2. The molecular weight excluding hydrogens is 717 g/mol. The van der Waals surface area contributed by atoms with E-state index >= 15 is 0 Å². The molecule has 292 valence electrons. The van der Waals surface area contributed by atoms with Crippen LogP contribution in [0.1, 0.15) is 93.1 Å². The Bertz CT molecular complexity index is 2510. The molecule has 0 atom stereocenters. The predicted molar refractivity (Wildman–Crippen MR) is 234 cm³/mol. The van der Waals surface area contributed by atoms with Gasteiger partial charge < -0.3 is 25.5 Å². The standard InChI is InChI=1S/C53H50O5/c1-31-16-37-24-41-20-35(33-12-8-6-9-13-33)22-43(50(41)56)28-44-23-36(34-14-10-7-11-15-34)21-42(51(44)57)25-38-17-32(2)19-40(49(38)55)27-46-30-47(53(3,4)5)29-45(52(46)58)26-39(18-31)48(37)54/h6-23,29-30,54-58H,24-28H2,1-5H3. The molecule has 0 radical (unpaired) electrons. The molecule has 8 rings (SSSR count). The summed E-state index contributed by atoms with van der Waals surface area (Å²) in [4.78, 5) is 0. The Balaban J connectivity index is 1.41. The Labute approximate surface area is 341 Å². The Hall–Kier alpha value is -6.46. The average molecular weight is 767 g/mol. The number of aryl methyl sites for hydroxylation is 2. The third-order valence-electron chi connectivity index (χ3n) is 11.6. The Morgan fingerprint density at radius 2 is 0.569 bits per heavy atom. The van der Waals surface area contributed by atoms with E-state index in [-0.39, 0.29) is 66.3 Å². The van der Waals surface area contributed by atoms with E-state index < -0.39 is 0 Å². The fraction of sp³-hybridized carbons (Fsp3) is 0.208. The van der Waals surface area contributed by atoms with E-state index in [9.17, 15) is 25.5 Å². The molecule has 0 aromatic heterocycles. The molecule has 1 aliphatic carbocycles. The zero-order valence-corrected chi connectivity index (χ0v) is 33.8. The molecule has 7 aromatic rings. The molecule has 0 aliphatic heterocycles. The average Bonchev–Trinajstić information content (AvgIpc) is 3.19. The third-order valence-corrected chi connectivity index (χ3v) is 11.6. The van der Waals surface area contributed by atoms with Crippen LogP contribution in [-0.2, 0) is 37.5 Å². The smallest absolute Gasteiger partial charge is 0.122 e. The zero-order chi connectivity index (χ0) is 40.9. The van der Waals surface area contributed by atoms with E-state index in [0.717, 1.165) is 38.9 Å². The van der Waals surface area contributed by atoms with Crippen molar-refractivity contribution in [2.45, 2.75) is 72.1 Å². The second-order valence-electron chi connectivity index (χ2n) is 17.2. The maximum atomic E-state index is 12.1. The highest BCUT2D eigenvalue weighted by molar-refractivity contribution is 5.71. The highest BCUT2D eigenvalue weighted by Gasteiger charge is 2.24. The van der Waals surface area contributed by atoms with E-state index in [1.807, 2.05) is 135 Å². The van der Waals surface area contributed by atoms with Crippen molar-refractivity contribution in [3.63, 3.8) is 0 Å². The molecule has 7 aromatic carbocycles. The molecule has 1 aliphatic rings. The van der Waals surface area contributed by atoms with E-state index in [1.54, 1.807) is 0 Å². The highest BCUT2D eigenvalue weighted by atomic mass is 16.3. The lowest BCUT2D eigenvalue weighted by molar-refractivity contribution is 0.450. The number of aromatic hydroxyl groups is 5. The molecule has 0 saturated carbocycles. The van der Waals surface area contributed by atoms with Gasteiger partial charge in [0.15, 0.2) is 0 Å². The van der Waals surface area contributed by atoms with Crippen molar-refractivity contribution < 1.29 is 25.5 Å². The summed E-state index contributed by atoms with van der Waals surface area (Å²) in [5.41, 5.74) is 13.1. The first-order valence-corrected chi connectivity index (χ1v) is 20.0. The van der Waals surface area contributed by atoms with Crippen LogP contribution in [0.25, 0.3) is 22.3 Å². The van der Waals surface area contributed by atoms with Crippen molar-refractivity contribution in [3.8, 4) is 51.0 Å². The first-order valence-electron chi connectivity index (χ1n) is 20.0. The summed E-state index contributed by atoms with van der Waals surface area (Å²) < 4.78 is 0. The summed E-state index contributed by atoms with van der Waals surface area (Å²) in [5.74, 6) is 0.564. The molecule has 0 spiro atoms. The van der Waals surface area contributed by atoms with Crippen LogP contribution in [0, 0.1) is 13.8 Å². The maximum Gasteiger partial charge on any atom is 0.122 e.